The Morgan fingerprint density at radius 2 is 0.606 bits per heavy atom. The van der Waals surface area contributed by atoms with Crippen LogP contribution in [0.2, 0.25) is 22.4 Å². The summed E-state index contributed by atoms with van der Waals surface area (Å²) in [6.07, 6.45) is 0.760. The van der Waals surface area contributed by atoms with E-state index in [1.54, 1.807) is 42.5 Å². The van der Waals surface area contributed by atoms with Crippen molar-refractivity contribution in [2.24, 2.45) is 20.4 Å². The Balaban J connectivity index is 0.000000150. The summed E-state index contributed by atoms with van der Waals surface area (Å²) >= 11 is 33.0. The van der Waals surface area contributed by atoms with Crippen LogP contribution in [0.1, 0.15) is 92.4 Å². The lowest BCUT2D eigenvalue weighted by atomic mass is 10.1. The number of amides is 4. The fourth-order valence-electron chi connectivity index (χ4n) is 13.4. The summed E-state index contributed by atoms with van der Waals surface area (Å²) in [7, 11) is -15.2. The maximum atomic E-state index is 14.8. The van der Waals surface area contributed by atoms with Gasteiger partial charge in [-0.3, -0.25) is 38.4 Å². The molecular weight excluding hydrogens is 1970 g/mol. The highest BCUT2D eigenvalue weighted by atomic mass is 35.5. The average Bonchev–Trinajstić information content (AvgIpc) is 1.48. The quantitative estimate of drug-likeness (QED) is 0.0439. The first-order valence-corrected chi connectivity index (χ1v) is 51.1. The van der Waals surface area contributed by atoms with E-state index >= 15 is 0 Å². The van der Waals surface area contributed by atoms with Crippen LogP contribution in [-0.2, 0) is 103 Å². The van der Waals surface area contributed by atoms with Gasteiger partial charge < -0.3 is 0 Å². The Morgan fingerprint density at radius 1 is 0.326 bits per heavy atom. The largest absolute Gasteiger partial charge is 0.298 e. The lowest BCUT2D eigenvalue weighted by Crippen LogP contribution is -2.22. The first kappa shape index (κ1) is 98.3. The number of anilines is 4. The maximum Gasteiger partial charge on any atom is 0.254 e. The van der Waals surface area contributed by atoms with E-state index in [-0.39, 0.29) is 100 Å². The van der Waals surface area contributed by atoms with Crippen LogP contribution in [0.15, 0.2) is 250 Å². The van der Waals surface area contributed by atoms with Gasteiger partial charge in [-0.15, -0.1) is 45.3 Å². The number of ketones is 4. The van der Waals surface area contributed by atoms with Gasteiger partial charge in [-0.05, 0) is 163 Å². The van der Waals surface area contributed by atoms with Crippen LogP contribution in [0, 0.1) is 45.1 Å². The third kappa shape index (κ3) is 25.0. The van der Waals surface area contributed by atoms with Crippen molar-refractivity contribution < 1.29 is 85.2 Å². The molecule has 0 N–H and O–H groups in total. The molecule has 41 heteroatoms. The third-order valence-corrected chi connectivity index (χ3v) is 34.1. The van der Waals surface area contributed by atoms with E-state index in [1.165, 1.54) is 76.9 Å². The molecule has 25 nitrogen and oxygen atoms in total. The van der Waals surface area contributed by atoms with Crippen molar-refractivity contribution in [2.75, 3.05) is 43.0 Å². The number of hydrogen-bond donors (Lipinski definition) is 0. The van der Waals surface area contributed by atoms with Crippen molar-refractivity contribution >= 4 is 235 Å². The van der Waals surface area contributed by atoms with Gasteiger partial charge in [-0.1, -0.05) is 196 Å². The van der Waals surface area contributed by atoms with E-state index in [0.717, 1.165) is 107 Å². The number of carbonyl (C=O) groups excluding carboxylic acids is 8. The summed E-state index contributed by atoms with van der Waals surface area (Å²) in [5.41, 5.74) is 10.8. The Bertz CT molecular complexity index is 6980. The predicted octanol–water partition coefficient (Wildman–Crippen LogP) is 18.2. The molecule has 9 heterocycles. The predicted molar refractivity (Wildman–Crippen MR) is 508 cm³/mol. The number of Topliss-reactive ketones (excluding diaryl/α,β-unsaturated/α-hetero) is 4. The summed E-state index contributed by atoms with van der Waals surface area (Å²) < 4.78 is 145. The van der Waals surface area contributed by atoms with E-state index < -0.39 is 121 Å². The number of rotatable bonds is 28. The summed E-state index contributed by atoms with van der Waals surface area (Å²) in [4.78, 5) is 103. The van der Waals surface area contributed by atoms with Crippen LogP contribution in [0.5, 0.6) is 0 Å². The fraction of sp³-hybridized carbons (Fsp3) is 0.176. The molecule has 0 aliphatic carbocycles. The Kier molecular flexibility index (Phi) is 31.2. The minimum atomic E-state index is -3.92. The van der Waals surface area contributed by atoms with Crippen LogP contribution < -0.4 is 20.0 Å². The molecule has 0 bridgehead atoms. The van der Waals surface area contributed by atoms with Crippen molar-refractivity contribution in [3.8, 4) is 0 Å². The second kappa shape index (κ2) is 41.9. The van der Waals surface area contributed by atoms with Gasteiger partial charge in [0.15, 0.2) is 79.9 Å². The van der Waals surface area contributed by atoms with Crippen molar-refractivity contribution in [3.05, 3.63) is 319 Å². The molecule has 12 aromatic rings. The standard InChI is InChI=1S/C23H18Cl2N2O4S2.C23H17ClF2N2O4S2.C23H18ClFN2O4S2.C22H18ClN3O4S2/c1-14-2-5-16(6-3-14)19-12-22(29)27(26-19)20-7-4-15(11-18(20)24)10-17(28)13-33(30,31)23-9-8-21(25)32-23;1-13-2-4-15(5-3-13)19-11-21(30)28(27-19)23-17(25)9-14(10-18(23)26)8-16(29)12-34(31,32)22-7-6-20(24)33-22;1-14-2-5-16(6-3-14)19-12-22(29)27(26-19)20-7-4-15(11-18(20)25)10-17(28)13-33(30,31)23-9-8-21(24)32-23;1-14-2-5-16(6-3-14)18-11-21(28)26(25-18)20-8-4-15(12-24-20)10-17(27)13-32(29,30)22-9-7-19(23)31-22/h2-9,11H,10,12-13H2,1H3;2-7,9-10H,8,11-12H2,1H3;2-9,11H,10,12-13H2,1H3;2-9,12H,10-11,13H2,1H3. The molecule has 0 fully saturated rings. The highest BCUT2D eigenvalue weighted by Crippen LogP contribution is 2.37. The topological polar surface area (TPSA) is 348 Å². The fourth-order valence-corrected chi connectivity index (χ4v) is 24.9. The highest BCUT2D eigenvalue weighted by Gasteiger charge is 2.36. The molecule has 0 spiro atoms. The van der Waals surface area contributed by atoms with Gasteiger partial charge in [0, 0.05) is 31.9 Å². The number of carbonyl (C=O) groups is 8. The second-order valence-electron chi connectivity index (χ2n) is 30.3. The van der Waals surface area contributed by atoms with Crippen LogP contribution in [0.25, 0.3) is 0 Å². The molecule has 16 rings (SSSR count). The van der Waals surface area contributed by atoms with Crippen LogP contribution >= 0.6 is 103 Å². The zero-order valence-electron chi connectivity index (χ0n) is 69.5. The summed E-state index contributed by atoms with van der Waals surface area (Å²) in [6, 6.07) is 55.3. The van der Waals surface area contributed by atoms with Gasteiger partial charge in [-0.25, -0.2) is 51.8 Å². The molecular formula is C91H71Cl5F3N9O16S8. The van der Waals surface area contributed by atoms with Crippen LogP contribution in [-0.4, -0.2) is 131 Å². The third-order valence-electron chi connectivity index (χ3n) is 19.9. The molecule has 5 aromatic heterocycles. The van der Waals surface area contributed by atoms with E-state index in [0.29, 0.717) is 74.6 Å². The molecule has 4 aliphatic heterocycles. The average molecular weight is 2040 g/mol. The molecule has 0 radical (unpaired) electrons. The minimum Gasteiger partial charge on any atom is -0.298 e. The molecule has 4 amide bonds. The lowest BCUT2D eigenvalue weighted by Gasteiger charge is -2.14. The number of thiophene rings is 4. The number of nitrogens with zero attached hydrogens (tertiary/aromatic N) is 9. The van der Waals surface area contributed by atoms with Gasteiger partial charge in [0.05, 0.1) is 76.6 Å². The SMILES string of the molecule is Cc1ccc(C2=NN(c3c(F)cc(CC(=O)CS(=O)(=O)c4ccc(Cl)s4)cc3F)C(=O)C2)cc1.Cc1ccc(C2=NN(c3ccc(CC(=O)CS(=O)(=O)c4ccc(Cl)s4)cc3Cl)C(=O)C2)cc1.Cc1ccc(C2=NN(c3ccc(CC(=O)CS(=O)(=O)c4ccc(Cl)s4)cc3F)C(=O)C2)cc1.Cc1ccc(C2=NN(c3ccc(CC(=O)CS(=O)(=O)c4ccc(Cl)s4)cn3)C(=O)C2)cc1. The van der Waals surface area contributed by atoms with Crippen molar-refractivity contribution in [1.29, 1.82) is 0 Å². The number of pyridine rings is 1. The van der Waals surface area contributed by atoms with E-state index in [9.17, 15) is 85.2 Å². The summed E-state index contributed by atoms with van der Waals surface area (Å²) in [5, 5.41) is 21.6. The van der Waals surface area contributed by atoms with Crippen molar-refractivity contribution in [3.63, 3.8) is 0 Å². The number of sulfone groups is 4. The van der Waals surface area contributed by atoms with Gasteiger partial charge in [0.2, 0.25) is 0 Å². The minimum absolute atomic E-state index is 0.0113. The normalized spacial score (nSPS) is 14.0. The molecule has 7 aromatic carbocycles. The number of halogens is 8. The Labute approximate surface area is 796 Å². The number of hydrogen-bond acceptors (Lipinski definition) is 25. The Morgan fingerprint density at radius 3 is 0.924 bits per heavy atom. The van der Waals surface area contributed by atoms with Gasteiger partial charge >= 0.3 is 0 Å². The number of aryl methyl sites for hydroxylation is 4. The number of hydrazone groups is 4. The lowest BCUT2D eigenvalue weighted by molar-refractivity contribution is -0.117. The second-order valence-corrected chi connectivity index (χ2v) is 46.4. The zero-order valence-corrected chi connectivity index (χ0v) is 79.9. The number of aromatic nitrogens is 1. The first-order valence-electron chi connectivity index (χ1n) is 39.4. The molecule has 0 unspecified atom stereocenters. The smallest absolute Gasteiger partial charge is 0.254 e. The number of benzene rings is 7. The van der Waals surface area contributed by atoms with Crippen LogP contribution in [0.4, 0.5) is 36.1 Å². The molecule has 4 aliphatic rings. The molecule has 132 heavy (non-hydrogen) atoms. The van der Waals surface area contributed by atoms with Crippen LogP contribution in [0.3, 0.4) is 0 Å². The van der Waals surface area contributed by atoms with Gasteiger partial charge in [0.25, 0.3) is 23.6 Å². The van der Waals surface area contributed by atoms with E-state index in [2.05, 4.69) is 25.4 Å². The van der Waals surface area contributed by atoms with E-state index in [4.69, 9.17) is 58.0 Å². The molecule has 680 valence electrons. The van der Waals surface area contributed by atoms with E-state index in [1.807, 2.05) is 113 Å². The zero-order chi connectivity index (χ0) is 95.0. The summed E-state index contributed by atoms with van der Waals surface area (Å²) in [6.45, 7) is 7.83. The first-order chi connectivity index (χ1) is 62.5. The molecule has 0 atom stereocenters. The highest BCUT2D eigenvalue weighted by molar-refractivity contribution is 7.95. The molecule has 0 saturated carbocycles. The monoisotopic (exact) mass is 2030 g/mol. The van der Waals surface area contributed by atoms with Gasteiger partial charge in [0.1, 0.15) is 57.0 Å². The Hall–Kier alpha value is -11.2. The van der Waals surface area contributed by atoms with Gasteiger partial charge in [-0.2, -0.15) is 40.4 Å². The van der Waals surface area contributed by atoms with Crippen molar-refractivity contribution in [1.82, 2.24) is 4.98 Å². The summed E-state index contributed by atoms with van der Waals surface area (Å²) in [5.74, 6) is -8.95. The maximum absolute atomic E-state index is 14.8. The molecule has 0 saturated heterocycles. The van der Waals surface area contributed by atoms with Crippen molar-refractivity contribution in [2.45, 2.75) is 95.9 Å².